The second-order valence-corrected chi connectivity index (χ2v) is 3.24. The zero-order valence-electron chi connectivity index (χ0n) is 7.61. The molecule has 0 aliphatic heterocycles. The molecule has 0 bridgehead atoms. The number of thiocarbonyl (C=S) groups is 1. The lowest BCUT2D eigenvalue weighted by molar-refractivity contribution is 0.492. The number of hydrogen-bond donors (Lipinski definition) is 2. The molecule has 1 aromatic rings. The molecular weight excluding hydrogens is 184 g/mol. The third-order valence-electron chi connectivity index (χ3n) is 1.38. The fourth-order valence-electron chi connectivity index (χ4n) is 0.874. The molecule has 0 unspecified atom stereocenters. The molecule has 0 radical (unpaired) electrons. The van der Waals surface area contributed by atoms with Crippen LogP contribution in [-0.2, 0) is 0 Å². The van der Waals surface area contributed by atoms with Crippen LogP contribution < -0.4 is 11.2 Å². The highest BCUT2D eigenvalue weighted by Gasteiger charge is 1.99. The van der Waals surface area contributed by atoms with E-state index in [1.165, 1.54) is 0 Å². The minimum absolute atomic E-state index is 0.379. The van der Waals surface area contributed by atoms with Crippen LogP contribution in [-0.4, -0.2) is 29.1 Å². The molecule has 13 heavy (non-hydrogen) atoms. The van der Waals surface area contributed by atoms with Gasteiger partial charge in [0.2, 0.25) is 0 Å². The first-order valence-electron chi connectivity index (χ1n) is 3.79. The quantitative estimate of drug-likeness (QED) is 0.548. The van der Waals surface area contributed by atoms with Crippen molar-refractivity contribution in [3.63, 3.8) is 0 Å². The van der Waals surface area contributed by atoms with E-state index in [1.807, 2.05) is 20.2 Å². The maximum atomic E-state index is 5.48. The number of nitrogens with zero attached hydrogens (tertiary/aromatic N) is 2. The third-order valence-corrected chi connectivity index (χ3v) is 1.62. The summed E-state index contributed by atoms with van der Waals surface area (Å²) in [5.74, 6) is 0.732. The van der Waals surface area contributed by atoms with Crippen molar-refractivity contribution in [1.29, 1.82) is 0 Å². The maximum Gasteiger partial charge on any atom is 0.140 e. The van der Waals surface area contributed by atoms with E-state index < -0.39 is 0 Å². The molecule has 70 valence electrons. The second kappa shape index (κ2) is 4.15. The molecule has 0 amide bonds. The normalized spacial score (nSPS) is 10.1. The van der Waals surface area contributed by atoms with Crippen LogP contribution in [0.15, 0.2) is 18.3 Å². The molecule has 5 heteroatoms. The van der Waals surface area contributed by atoms with Gasteiger partial charge >= 0.3 is 0 Å². The molecule has 1 heterocycles. The Kier molecular flexibility index (Phi) is 3.16. The minimum atomic E-state index is 0.379. The van der Waals surface area contributed by atoms with E-state index in [9.17, 15) is 0 Å². The van der Waals surface area contributed by atoms with Crippen molar-refractivity contribution in [2.24, 2.45) is 5.73 Å². The highest BCUT2D eigenvalue weighted by atomic mass is 32.1. The SMILES string of the molecule is CN(C)Nc1cc(C(N)=S)ccn1. The van der Waals surface area contributed by atoms with Gasteiger partial charge in [0.25, 0.3) is 0 Å². The predicted octanol–water partition coefficient (Wildman–Crippen LogP) is 0.604. The molecule has 3 N–H and O–H groups in total. The number of anilines is 1. The third kappa shape index (κ3) is 2.96. The van der Waals surface area contributed by atoms with E-state index in [0.29, 0.717) is 4.99 Å². The first-order valence-corrected chi connectivity index (χ1v) is 4.20. The molecular formula is C8H12N4S. The van der Waals surface area contributed by atoms with Crippen LogP contribution in [0, 0.1) is 0 Å². The summed E-state index contributed by atoms with van der Waals surface area (Å²) in [6.07, 6.45) is 1.67. The topological polar surface area (TPSA) is 54.2 Å². The van der Waals surface area contributed by atoms with E-state index in [0.717, 1.165) is 11.4 Å². The zero-order chi connectivity index (χ0) is 9.84. The zero-order valence-corrected chi connectivity index (χ0v) is 8.43. The Hall–Kier alpha value is -1.20. The average Bonchev–Trinajstić information content (AvgIpc) is 2.03. The summed E-state index contributed by atoms with van der Waals surface area (Å²) >= 11 is 4.84. The van der Waals surface area contributed by atoms with E-state index in [4.69, 9.17) is 18.0 Å². The van der Waals surface area contributed by atoms with E-state index in [2.05, 4.69) is 10.4 Å². The summed E-state index contributed by atoms with van der Waals surface area (Å²) in [5, 5.41) is 1.80. The first kappa shape index (κ1) is 9.88. The Morgan fingerprint density at radius 1 is 1.62 bits per heavy atom. The maximum absolute atomic E-state index is 5.48. The van der Waals surface area contributed by atoms with Crippen molar-refractivity contribution in [1.82, 2.24) is 9.99 Å². The Balaban J connectivity index is 2.85. The highest BCUT2D eigenvalue weighted by Crippen LogP contribution is 2.06. The molecule has 4 nitrogen and oxygen atoms in total. The van der Waals surface area contributed by atoms with Gasteiger partial charge in [-0.25, -0.2) is 9.99 Å². The minimum Gasteiger partial charge on any atom is -0.389 e. The van der Waals surface area contributed by atoms with Crippen molar-refractivity contribution in [2.75, 3.05) is 19.5 Å². The van der Waals surface area contributed by atoms with Crippen LogP contribution in [0.4, 0.5) is 5.82 Å². The van der Waals surface area contributed by atoms with Crippen LogP contribution >= 0.6 is 12.2 Å². The standard InChI is InChI=1S/C8H12N4S/c1-12(2)11-7-5-6(8(9)13)3-4-10-7/h3-5H,1-2H3,(H2,9,13)(H,10,11). The number of hydrazine groups is 1. The van der Waals surface area contributed by atoms with Crippen molar-refractivity contribution in [2.45, 2.75) is 0 Å². The Morgan fingerprint density at radius 3 is 2.85 bits per heavy atom. The molecule has 0 saturated carbocycles. The Bertz CT molecular complexity index is 311. The van der Waals surface area contributed by atoms with Crippen molar-refractivity contribution < 1.29 is 0 Å². The number of rotatable bonds is 3. The van der Waals surface area contributed by atoms with Gasteiger partial charge in [0.1, 0.15) is 10.8 Å². The lowest BCUT2D eigenvalue weighted by atomic mass is 10.2. The number of nitrogens with one attached hydrogen (secondary N) is 1. The number of pyridine rings is 1. The Morgan fingerprint density at radius 2 is 2.31 bits per heavy atom. The van der Waals surface area contributed by atoms with Crippen molar-refractivity contribution in [3.8, 4) is 0 Å². The van der Waals surface area contributed by atoms with Crippen LogP contribution in [0.1, 0.15) is 5.56 Å². The van der Waals surface area contributed by atoms with Gasteiger partial charge < -0.3 is 11.2 Å². The van der Waals surface area contributed by atoms with E-state index in [1.54, 1.807) is 17.3 Å². The second-order valence-electron chi connectivity index (χ2n) is 2.80. The summed E-state index contributed by atoms with van der Waals surface area (Å²) in [6, 6.07) is 3.59. The monoisotopic (exact) mass is 196 g/mol. The van der Waals surface area contributed by atoms with Crippen LogP contribution in [0.5, 0.6) is 0 Å². The summed E-state index contributed by atoms with van der Waals surface area (Å²) in [5.41, 5.74) is 9.30. The van der Waals surface area contributed by atoms with Gasteiger partial charge in [-0.15, -0.1) is 0 Å². The summed E-state index contributed by atoms with van der Waals surface area (Å²) in [6.45, 7) is 0. The molecule has 0 aliphatic rings. The van der Waals surface area contributed by atoms with Gasteiger partial charge in [0, 0.05) is 25.9 Å². The summed E-state index contributed by atoms with van der Waals surface area (Å²) in [4.78, 5) is 4.47. The lowest BCUT2D eigenvalue weighted by Gasteiger charge is -2.12. The van der Waals surface area contributed by atoms with Gasteiger partial charge in [0.05, 0.1) is 0 Å². The predicted molar refractivity (Wildman–Crippen MR) is 57.4 cm³/mol. The molecule has 0 aromatic carbocycles. The van der Waals surface area contributed by atoms with Crippen molar-refractivity contribution >= 4 is 23.0 Å². The van der Waals surface area contributed by atoms with E-state index >= 15 is 0 Å². The average molecular weight is 196 g/mol. The van der Waals surface area contributed by atoms with Gasteiger partial charge in [-0.1, -0.05) is 12.2 Å². The summed E-state index contributed by atoms with van der Waals surface area (Å²) in [7, 11) is 3.77. The smallest absolute Gasteiger partial charge is 0.140 e. The summed E-state index contributed by atoms with van der Waals surface area (Å²) < 4.78 is 0. The number of nitrogens with two attached hydrogens (primary N) is 1. The molecule has 0 fully saturated rings. The number of aromatic nitrogens is 1. The van der Waals surface area contributed by atoms with E-state index in [-0.39, 0.29) is 0 Å². The van der Waals surface area contributed by atoms with Crippen LogP contribution in [0.25, 0.3) is 0 Å². The molecule has 0 saturated heterocycles. The molecule has 1 rings (SSSR count). The lowest BCUT2D eigenvalue weighted by Crippen LogP contribution is -2.21. The van der Waals surface area contributed by atoms with Gasteiger partial charge in [-0.3, -0.25) is 0 Å². The fraction of sp³-hybridized carbons (Fsp3) is 0.250. The molecule has 0 spiro atoms. The fourth-order valence-corrected chi connectivity index (χ4v) is 1.00. The molecule has 0 aliphatic carbocycles. The first-order chi connectivity index (χ1) is 6.09. The van der Waals surface area contributed by atoms with Crippen LogP contribution in [0.2, 0.25) is 0 Å². The molecule has 0 atom stereocenters. The number of hydrogen-bond acceptors (Lipinski definition) is 4. The molecule has 1 aromatic heterocycles. The van der Waals surface area contributed by atoms with Crippen molar-refractivity contribution in [3.05, 3.63) is 23.9 Å². The van der Waals surface area contributed by atoms with Gasteiger partial charge in [0.15, 0.2) is 0 Å². The largest absolute Gasteiger partial charge is 0.389 e. The highest BCUT2D eigenvalue weighted by molar-refractivity contribution is 7.80. The van der Waals surface area contributed by atoms with Gasteiger partial charge in [-0.05, 0) is 12.1 Å². The van der Waals surface area contributed by atoms with Gasteiger partial charge in [-0.2, -0.15) is 0 Å². The van der Waals surface area contributed by atoms with Crippen LogP contribution in [0.3, 0.4) is 0 Å². The Labute approximate surface area is 82.7 Å².